The van der Waals surface area contributed by atoms with E-state index in [4.69, 9.17) is 0 Å². The SMILES string of the molecule is CC(=O)Nc1ccc(S(=O)(=O)NCCn2cnc(-c3ccccc3)cc2=O)cc1. The van der Waals surface area contributed by atoms with Crippen molar-refractivity contribution in [3.05, 3.63) is 77.3 Å². The van der Waals surface area contributed by atoms with Crippen LogP contribution in [0.1, 0.15) is 6.92 Å². The summed E-state index contributed by atoms with van der Waals surface area (Å²) in [6.45, 7) is 1.54. The van der Waals surface area contributed by atoms with Crippen molar-refractivity contribution in [1.29, 1.82) is 0 Å². The third-order valence-electron chi connectivity index (χ3n) is 4.08. The highest BCUT2D eigenvalue weighted by Crippen LogP contribution is 2.14. The lowest BCUT2D eigenvalue weighted by molar-refractivity contribution is -0.114. The molecule has 3 aromatic rings. The van der Waals surface area contributed by atoms with Crippen LogP contribution in [-0.2, 0) is 21.4 Å². The molecule has 0 spiro atoms. The zero-order chi connectivity index (χ0) is 20.9. The molecule has 29 heavy (non-hydrogen) atoms. The van der Waals surface area contributed by atoms with Gasteiger partial charge in [0.15, 0.2) is 0 Å². The zero-order valence-electron chi connectivity index (χ0n) is 15.7. The molecule has 0 radical (unpaired) electrons. The molecule has 0 fully saturated rings. The molecular weight excluding hydrogens is 392 g/mol. The minimum Gasteiger partial charge on any atom is -0.326 e. The summed E-state index contributed by atoms with van der Waals surface area (Å²) in [5.41, 5.74) is 1.64. The standard InChI is InChI=1S/C20H20N4O4S/c1-15(25)23-17-7-9-18(10-8-17)29(27,28)22-11-12-24-14-21-19(13-20(24)26)16-5-3-2-4-6-16/h2-10,13-14,22H,11-12H2,1H3,(H,23,25). The number of benzene rings is 2. The summed E-state index contributed by atoms with van der Waals surface area (Å²) in [4.78, 5) is 27.6. The van der Waals surface area contributed by atoms with Gasteiger partial charge in [-0.25, -0.2) is 18.1 Å². The Balaban J connectivity index is 1.63. The first-order chi connectivity index (χ1) is 13.8. The Morgan fingerprint density at radius 3 is 2.38 bits per heavy atom. The molecule has 0 saturated carbocycles. The fourth-order valence-electron chi connectivity index (χ4n) is 2.67. The molecule has 0 aliphatic carbocycles. The Labute approximate surface area is 168 Å². The first-order valence-electron chi connectivity index (χ1n) is 8.84. The molecule has 0 unspecified atom stereocenters. The van der Waals surface area contributed by atoms with Crippen LogP contribution in [0.3, 0.4) is 0 Å². The summed E-state index contributed by atoms with van der Waals surface area (Å²) < 4.78 is 28.6. The van der Waals surface area contributed by atoms with Gasteiger partial charge < -0.3 is 5.32 Å². The van der Waals surface area contributed by atoms with Gasteiger partial charge in [0.05, 0.1) is 16.9 Å². The van der Waals surface area contributed by atoms with E-state index in [9.17, 15) is 18.0 Å². The van der Waals surface area contributed by atoms with Crippen molar-refractivity contribution in [3.63, 3.8) is 0 Å². The minimum atomic E-state index is -3.74. The van der Waals surface area contributed by atoms with Gasteiger partial charge in [-0.15, -0.1) is 0 Å². The van der Waals surface area contributed by atoms with Gasteiger partial charge in [0.1, 0.15) is 0 Å². The number of anilines is 1. The van der Waals surface area contributed by atoms with Gasteiger partial charge in [0.2, 0.25) is 15.9 Å². The smallest absolute Gasteiger partial charge is 0.253 e. The molecule has 2 N–H and O–H groups in total. The fraction of sp³-hybridized carbons (Fsp3) is 0.150. The number of carbonyl (C=O) groups is 1. The minimum absolute atomic E-state index is 0.0298. The lowest BCUT2D eigenvalue weighted by Crippen LogP contribution is -2.30. The molecule has 0 aliphatic heterocycles. The summed E-state index contributed by atoms with van der Waals surface area (Å²) in [5.74, 6) is -0.240. The Morgan fingerprint density at radius 1 is 1.07 bits per heavy atom. The second kappa shape index (κ2) is 8.80. The van der Waals surface area contributed by atoms with Crippen molar-refractivity contribution in [2.45, 2.75) is 18.4 Å². The Hall–Kier alpha value is -3.30. The van der Waals surface area contributed by atoms with E-state index in [-0.39, 0.29) is 29.5 Å². The summed E-state index contributed by atoms with van der Waals surface area (Å²) in [7, 11) is -3.74. The highest BCUT2D eigenvalue weighted by Gasteiger charge is 2.13. The zero-order valence-corrected chi connectivity index (χ0v) is 16.5. The fourth-order valence-corrected chi connectivity index (χ4v) is 3.69. The average Bonchev–Trinajstić information content (AvgIpc) is 2.70. The van der Waals surface area contributed by atoms with E-state index in [0.717, 1.165) is 5.56 Å². The van der Waals surface area contributed by atoms with Gasteiger partial charge in [-0.3, -0.25) is 14.2 Å². The maximum absolute atomic E-state index is 12.4. The number of aromatic nitrogens is 2. The van der Waals surface area contributed by atoms with Crippen LogP contribution in [0.25, 0.3) is 11.3 Å². The highest BCUT2D eigenvalue weighted by atomic mass is 32.2. The molecule has 8 nitrogen and oxygen atoms in total. The second-order valence-electron chi connectivity index (χ2n) is 6.28. The number of hydrogen-bond acceptors (Lipinski definition) is 5. The van der Waals surface area contributed by atoms with Gasteiger partial charge in [-0.05, 0) is 24.3 Å². The molecule has 150 valence electrons. The maximum Gasteiger partial charge on any atom is 0.253 e. The van der Waals surface area contributed by atoms with Gasteiger partial charge in [0.25, 0.3) is 5.56 Å². The van der Waals surface area contributed by atoms with Gasteiger partial charge in [0, 0.05) is 37.3 Å². The third-order valence-corrected chi connectivity index (χ3v) is 5.56. The molecule has 3 rings (SSSR count). The monoisotopic (exact) mass is 412 g/mol. The van der Waals surface area contributed by atoms with Crippen molar-refractivity contribution in [3.8, 4) is 11.3 Å². The molecule has 0 atom stereocenters. The number of amides is 1. The van der Waals surface area contributed by atoms with Crippen LogP contribution >= 0.6 is 0 Å². The van der Waals surface area contributed by atoms with E-state index < -0.39 is 10.0 Å². The molecule has 1 amide bonds. The van der Waals surface area contributed by atoms with Crippen LogP contribution in [0, 0.1) is 0 Å². The molecule has 1 heterocycles. The Morgan fingerprint density at radius 2 is 1.76 bits per heavy atom. The largest absolute Gasteiger partial charge is 0.326 e. The van der Waals surface area contributed by atoms with Crippen LogP contribution in [0.5, 0.6) is 0 Å². The lowest BCUT2D eigenvalue weighted by Gasteiger charge is -2.10. The number of nitrogens with one attached hydrogen (secondary N) is 2. The van der Waals surface area contributed by atoms with E-state index >= 15 is 0 Å². The summed E-state index contributed by atoms with van der Waals surface area (Å²) in [6, 6.07) is 16.6. The van der Waals surface area contributed by atoms with Crippen molar-refractivity contribution in [2.24, 2.45) is 0 Å². The number of rotatable bonds is 7. The molecule has 0 bridgehead atoms. The topological polar surface area (TPSA) is 110 Å². The van der Waals surface area contributed by atoms with E-state index in [2.05, 4.69) is 15.0 Å². The summed E-state index contributed by atoms with van der Waals surface area (Å²) in [5, 5.41) is 2.57. The van der Waals surface area contributed by atoms with Crippen LogP contribution in [0.4, 0.5) is 5.69 Å². The van der Waals surface area contributed by atoms with Crippen molar-refractivity contribution < 1.29 is 13.2 Å². The second-order valence-corrected chi connectivity index (χ2v) is 8.04. The van der Waals surface area contributed by atoms with Gasteiger partial charge in [-0.2, -0.15) is 0 Å². The Kier molecular flexibility index (Phi) is 6.20. The summed E-state index contributed by atoms with van der Waals surface area (Å²) >= 11 is 0. The first kappa shape index (κ1) is 20.4. The van der Waals surface area contributed by atoms with E-state index in [1.54, 1.807) is 0 Å². The third kappa shape index (κ3) is 5.37. The Bertz CT molecular complexity index is 1160. The number of sulfonamides is 1. The number of carbonyl (C=O) groups excluding carboxylic acids is 1. The quantitative estimate of drug-likeness (QED) is 0.615. The van der Waals surface area contributed by atoms with Gasteiger partial charge >= 0.3 is 0 Å². The average molecular weight is 412 g/mol. The lowest BCUT2D eigenvalue weighted by atomic mass is 10.1. The van der Waals surface area contributed by atoms with Crippen LogP contribution in [-0.4, -0.2) is 30.4 Å². The number of hydrogen-bond donors (Lipinski definition) is 2. The highest BCUT2D eigenvalue weighted by molar-refractivity contribution is 7.89. The van der Waals surface area contributed by atoms with E-state index in [1.807, 2.05) is 30.3 Å². The molecule has 0 saturated heterocycles. The molecule has 0 aliphatic rings. The normalized spacial score (nSPS) is 11.2. The van der Waals surface area contributed by atoms with Crippen LogP contribution in [0.15, 0.2) is 76.7 Å². The van der Waals surface area contributed by atoms with E-state index in [1.165, 1.54) is 48.1 Å². The van der Waals surface area contributed by atoms with Gasteiger partial charge in [-0.1, -0.05) is 30.3 Å². The van der Waals surface area contributed by atoms with Crippen LogP contribution in [0.2, 0.25) is 0 Å². The van der Waals surface area contributed by atoms with Crippen LogP contribution < -0.4 is 15.6 Å². The molecular formula is C20H20N4O4S. The first-order valence-corrected chi connectivity index (χ1v) is 10.3. The number of nitrogens with zero attached hydrogens (tertiary/aromatic N) is 2. The van der Waals surface area contributed by atoms with Crippen molar-refractivity contribution >= 4 is 21.6 Å². The predicted octanol–water partition coefficient (Wildman–Crippen LogP) is 1.85. The van der Waals surface area contributed by atoms with Crippen molar-refractivity contribution in [1.82, 2.24) is 14.3 Å². The molecule has 9 heteroatoms. The maximum atomic E-state index is 12.4. The van der Waals surface area contributed by atoms with E-state index in [0.29, 0.717) is 11.4 Å². The molecule has 2 aromatic carbocycles. The predicted molar refractivity (Wildman–Crippen MR) is 110 cm³/mol. The molecule has 1 aromatic heterocycles. The summed E-state index contributed by atoms with van der Waals surface area (Å²) in [6.07, 6.45) is 1.40. The van der Waals surface area contributed by atoms with Crippen molar-refractivity contribution in [2.75, 3.05) is 11.9 Å².